The van der Waals surface area contributed by atoms with Crippen LogP contribution in [0.1, 0.15) is 16.7 Å². The molecule has 0 amide bonds. The van der Waals surface area contributed by atoms with Crippen molar-refractivity contribution in [2.24, 2.45) is 0 Å². The molecule has 0 saturated carbocycles. The molecule has 1 aliphatic heterocycles. The van der Waals surface area contributed by atoms with E-state index in [4.69, 9.17) is 4.74 Å². The normalized spacial score (nSPS) is 15.3. The van der Waals surface area contributed by atoms with Crippen molar-refractivity contribution in [1.29, 1.82) is 0 Å². The lowest BCUT2D eigenvalue weighted by Crippen LogP contribution is -2.03. The van der Waals surface area contributed by atoms with E-state index >= 15 is 0 Å². The van der Waals surface area contributed by atoms with Crippen LogP contribution in [0.4, 0.5) is 0 Å². The smallest absolute Gasteiger partial charge is 0.340 e. The van der Waals surface area contributed by atoms with E-state index in [-0.39, 0.29) is 5.97 Å². The maximum Gasteiger partial charge on any atom is 0.340 e. The van der Waals surface area contributed by atoms with E-state index in [9.17, 15) is 4.79 Å². The lowest BCUT2D eigenvalue weighted by atomic mass is 9.95. The second-order valence-electron chi connectivity index (χ2n) is 6.59. The van der Waals surface area contributed by atoms with Crippen LogP contribution in [0.2, 0.25) is 0 Å². The second-order valence-corrected chi connectivity index (χ2v) is 6.59. The van der Waals surface area contributed by atoms with E-state index in [1.165, 1.54) is 0 Å². The van der Waals surface area contributed by atoms with Gasteiger partial charge in [-0.25, -0.2) is 4.79 Å². The molecule has 0 N–H and O–H groups in total. The molecular weight excluding hydrogens is 332 g/mol. The van der Waals surface area contributed by atoms with Crippen molar-refractivity contribution in [3.63, 3.8) is 0 Å². The third kappa shape index (κ3) is 4.06. The molecule has 4 rings (SSSR count). The molecule has 3 aromatic rings. The highest BCUT2D eigenvalue weighted by Crippen LogP contribution is 2.32. The van der Waals surface area contributed by atoms with Crippen LogP contribution in [-0.2, 0) is 22.4 Å². The van der Waals surface area contributed by atoms with Crippen molar-refractivity contribution in [3.05, 3.63) is 125 Å². The fourth-order valence-electron chi connectivity index (χ4n) is 3.28. The average Bonchev–Trinajstić information content (AvgIpc) is 2.99. The number of esters is 1. The van der Waals surface area contributed by atoms with Crippen LogP contribution in [0.5, 0.6) is 0 Å². The number of benzene rings is 3. The third-order valence-corrected chi connectivity index (χ3v) is 4.66. The van der Waals surface area contributed by atoms with Crippen LogP contribution in [0, 0.1) is 0 Å². The number of cyclic esters (lactones) is 1. The van der Waals surface area contributed by atoms with Crippen molar-refractivity contribution in [2.75, 3.05) is 0 Å². The molecule has 27 heavy (non-hydrogen) atoms. The number of rotatable bonds is 5. The van der Waals surface area contributed by atoms with Gasteiger partial charge in [0.15, 0.2) is 0 Å². The Morgan fingerprint density at radius 2 is 1.11 bits per heavy atom. The summed E-state index contributed by atoms with van der Waals surface area (Å²) in [6.07, 6.45) is 3.20. The fourth-order valence-corrected chi connectivity index (χ4v) is 3.28. The van der Waals surface area contributed by atoms with Gasteiger partial charge in [-0.05, 0) is 22.8 Å². The minimum absolute atomic E-state index is 0.244. The van der Waals surface area contributed by atoms with Crippen LogP contribution in [0.25, 0.3) is 6.08 Å². The summed E-state index contributed by atoms with van der Waals surface area (Å²) in [5, 5.41) is 0. The maximum atomic E-state index is 12.7. The van der Waals surface area contributed by atoms with Crippen molar-refractivity contribution in [1.82, 2.24) is 0 Å². The summed E-state index contributed by atoms with van der Waals surface area (Å²) >= 11 is 0. The molecule has 0 aliphatic carbocycles. The van der Waals surface area contributed by atoms with E-state index in [0.717, 1.165) is 27.8 Å². The number of allylic oxidation sites excluding steroid dienone is 1. The van der Waals surface area contributed by atoms with Gasteiger partial charge in [-0.3, -0.25) is 0 Å². The van der Waals surface area contributed by atoms with Crippen molar-refractivity contribution in [3.8, 4) is 0 Å². The van der Waals surface area contributed by atoms with Gasteiger partial charge in [0.1, 0.15) is 5.76 Å². The van der Waals surface area contributed by atoms with Gasteiger partial charge in [-0.1, -0.05) is 91.0 Å². The van der Waals surface area contributed by atoms with Gasteiger partial charge in [0.25, 0.3) is 0 Å². The minimum Gasteiger partial charge on any atom is -0.423 e. The zero-order valence-corrected chi connectivity index (χ0v) is 15.0. The molecule has 1 heterocycles. The highest BCUT2D eigenvalue weighted by Gasteiger charge is 2.29. The molecule has 2 nitrogen and oxygen atoms in total. The van der Waals surface area contributed by atoms with Crippen molar-refractivity contribution >= 4 is 12.0 Å². The summed E-state index contributed by atoms with van der Waals surface area (Å²) in [6.45, 7) is 0. The Labute approximate surface area is 159 Å². The van der Waals surface area contributed by atoms with Crippen LogP contribution in [0.15, 0.2) is 108 Å². The Morgan fingerprint density at radius 1 is 0.630 bits per heavy atom. The van der Waals surface area contributed by atoms with Crippen LogP contribution < -0.4 is 0 Å². The van der Waals surface area contributed by atoms with Gasteiger partial charge < -0.3 is 4.74 Å². The number of ether oxygens (including phenoxy) is 1. The Hall–Kier alpha value is -3.39. The van der Waals surface area contributed by atoms with Gasteiger partial charge >= 0.3 is 5.97 Å². The Bertz CT molecular complexity index is 984. The van der Waals surface area contributed by atoms with E-state index in [0.29, 0.717) is 18.6 Å². The lowest BCUT2D eigenvalue weighted by molar-refractivity contribution is -0.133. The molecule has 2 heteroatoms. The molecule has 0 spiro atoms. The Morgan fingerprint density at radius 3 is 1.67 bits per heavy atom. The summed E-state index contributed by atoms with van der Waals surface area (Å²) in [5.41, 5.74) is 5.00. The predicted molar refractivity (Wildman–Crippen MR) is 108 cm³/mol. The molecule has 0 bridgehead atoms. The Kier molecular flexibility index (Phi) is 4.97. The van der Waals surface area contributed by atoms with Gasteiger partial charge in [0.2, 0.25) is 0 Å². The fraction of sp³-hybridized carbons (Fsp3) is 0.0800. The number of carbonyl (C=O) groups excluding carboxylic acids is 1. The highest BCUT2D eigenvalue weighted by molar-refractivity contribution is 5.96. The molecule has 3 aromatic carbocycles. The van der Waals surface area contributed by atoms with Crippen LogP contribution in [0.3, 0.4) is 0 Å². The molecule has 0 atom stereocenters. The SMILES string of the molecule is O=C1OC(=Cc2ccccc2)C(Cc2ccccc2)=C1Cc1ccccc1. The first-order chi connectivity index (χ1) is 13.3. The molecular formula is C25H20O2. The zero-order valence-electron chi connectivity index (χ0n) is 15.0. The molecule has 1 aliphatic rings. The van der Waals surface area contributed by atoms with E-state index in [2.05, 4.69) is 12.1 Å². The standard InChI is InChI=1S/C25H20O2/c26-25-23(17-20-12-6-2-7-13-20)22(16-19-10-4-1-5-11-19)24(27-25)18-21-14-8-3-9-15-21/h1-15,18H,16-17H2. The van der Waals surface area contributed by atoms with Gasteiger partial charge in [0, 0.05) is 24.0 Å². The monoisotopic (exact) mass is 352 g/mol. The highest BCUT2D eigenvalue weighted by atomic mass is 16.5. The van der Waals surface area contributed by atoms with Crippen molar-refractivity contribution in [2.45, 2.75) is 12.8 Å². The van der Waals surface area contributed by atoms with Gasteiger partial charge in [-0.15, -0.1) is 0 Å². The quantitative estimate of drug-likeness (QED) is 0.577. The maximum absolute atomic E-state index is 12.7. The predicted octanol–water partition coefficient (Wildman–Crippen LogP) is 5.37. The van der Waals surface area contributed by atoms with Gasteiger partial charge in [-0.2, -0.15) is 0 Å². The molecule has 0 unspecified atom stereocenters. The van der Waals surface area contributed by atoms with E-state index < -0.39 is 0 Å². The summed E-state index contributed by atoms with van der Waals surface area (Å²) in [4.78, 5) is 12.7. The minimum atomic E-state index is -0.244. The zero-order chi connectivity index (χ0) is 18.5. The third-order valence-electron chi connectivity index (χ3n) is 4.66. The average molecular weight is 352 g/mol. The first-order valence-electron chi connectivity index (χ1n) is 9.09. The number of hydrogen-bond acceptors (Lipinski definition) is 2. The largest absolute Gasteiger partial charge is 0.423 e. The molecule has 132 valence electrons. The first kappa shape index (κ1) is 17.0. The Balaban J connectivity index is 1.75. The second kappa shape index (κ2) is 7.88. The van der Waals surface area contributed by atoms with E-state index in [1.54, 1.807) is 0 Å². The van der Waals surface area contributed by atoms with Crippen LogP contribution >= 0.6 is 0 Å². The summed E-state index contributed by atoms with van der Waals surface area (Å²) in [5.74, 6) is 0.410. The van der Waals surface area contributed by atoms with Crippen molar-refractivity contribution < 1.29 is 9.53 Å². The lowest BCUT2D eigenvalue weighted by Gasteiger charge is -2.07. The molecule has 0 fully saturated rings. The summed E-state index contributed by atoms with van der Waals surface area (Å²) in [6, 6.07) is 30.2. The summed E-state index contributed by atoms with van der Waals surface area (Å²) < 4.78 is 5.68. The van der Waals surface area contributed by atoms with Gasteiger partial charge in [0.05, 0.1) is 0 Å². The number of hydrogen-bond donors (Lipinski definition) is 0. The van der Waals surface area contributed by atoms with E-state index in [1.807, 2.05) is 84.9 Å². The van der Waals surface area contributed by atoms with Crippen LogP contribution in [-0.4, -0.2) is 5.97 Å². The first-order valence-corrected chi connectivity index (χ1v) is 9.09. The topological polar surface area (TPSA) is 26.3 Å². The number of carbonyl (C=O) groups is 1. The summed E-state index contributed by atoms with van der Waals surface area (Å²) in [7, 11) is 0. The molecule has 0 saturated heterocycles. The molecule has 0 radical (unpaired) electrons. The molecule has 0 aromatic heterocycles.